The molecule has 0 fully saturated rings. The zero-order valence-corrected chi connectivity index (χ0v) is 6.73. The Kier molecular flexibility index (Phi) is 10.1. The largest absolute Gasteiger partial charge is 0 e. The maximum atomic E-state index is 2.49. The normalized spacial score (nSPS) is 7.40. The third-order valence-electron chi connectivity index (χ3n) is 0. The second-order valence-electron chi connectivity index (χ2n) is 0.926. The van der Waals surface area contributed by atoms with Crippen LogP contribution in [0.4, 0.5) is 0 Å². The molecule has 0 rings (SSSR count). The third kappa shape index (κ3) is 34.9. The predicted octanol–water partition coefficient (Wildman–Crippen LogP) is 1.36. The van der Waals surface area contributed by atoms with E-state index in [0.717, 1.165) is 4.14 Å². The molecule has 0 aliphatic carbocycles. The first-order valence-electron chi connectivity index (χ1n) is 1.33. The molecule has 0 atom stereocenters. The molecule has 0 aromatic heterocycles. The van der Waals surface area contributed by atoms with Crippen molar-refractivity contribution in [2.75, 3.05) is 0 Å². The van der Waals surface area contributed by atoms with Gasteiger partial charge in [-0.1, -0.05) is 0 Å². The summed E-state index contributed by atoms with van der Waals surface area (Å²) in [5.74, 6) is 0. The van der Waals surface area contributed by atoms with Crippen molar-refractivity contribution in [3.05, 3.63) is 0 Å². The van der Waals surface area contributed by atoms with Gasteiger partial charge in [0.05, 0.1) is 0 Å². The fraction of sp³-hybridized carbons (Fsp3) is 1.00. The van der Waals surface area contributed by atoms with Crippen LogP contribution in [-0.4, -0.2) is 0 Å². The first-order valence-corrected chi connectivity index (χ1v) is 2.58. The van der Waals surface area contributed by atoms with E-state index in [1.165, 1.54) is 0 Å². The van der Waals surface area contributed by atoms with Gasteiger partial charge in [-0.05, 0) is 0 Å². The molecule has 0 N–H and O–H groups in total. The fourth-order valence-electron chi connectivity index (χ4n) is 0. The van der Waals surface area contributed by atoms with Gasteiger partial charge in [0.15, 0.2) is 0 Å². The van der Waals surface area contributed by atoms with Crippen molar-refractivity contribution < 1.29 is 38.4 Å². The van der Waals surface area contributed by atoms with Crippen molar-refractivity contribution in [1.29, 1.82) is 0 Å². The molecule has 0 saturated heterocycles. The second kappa shape index (κ2) is 5.27. The summed E-state index contributed by atoms with van der Waals surface area (Å²) in [6.07, 6.45) is 0. The van der Waals surface area contributed by atoms with Crippen LogP contribution in [0.5, 0.6) is 0 Å². The second-order valence-corrected chi connectivity index (χ2v) is 3.43. The molecule has 0 unspecified atom stereocenters. The Hall–Kier alpha value is 1.27. The van der Waals surface area contributed by atoms with Crippen LogP contribution in [-0.2, 0) is 38.4 Å². The van der Waals surface area contributed by atoms with Crippen LogP contribution in [0, 0.1) is 0 Å². The molecule has 0 aliphatic heterocycles. The molecule has 0 aliphatic rings. The summed E-state index contributed by atoms with van der Waals surface area (Å²) in [4.78, 5) is 0. The summed E-state index contributed by atoms with van der Waals surface area (Å²) >= 11 is 2.49. The van der Waals surface area contributed by atoms with Gasteiger partial charge < -0.3 is 0 Å². The van der Waals surface area contributed by atoms with Crippen molar-refractivity contribution in [2.24, 2.45) is 0 Å². The van der Waals surface area contributed by atoms with Crippen LogP contribution in [0.2, 0.25) is 4.14 Å². The summed E-state index contributed by atoms with van der Waals surface area (Å²) in [6, 6.07) is 0. The number of hydrogen-bond acceptors (Lipinski definition) is 0. The summed E-state index contributed by atoms with van der Waals surface area (Å²) in [5.41, 5.74) is 0. The minimum Gasteiger partial charge on any atom is 0 e. The van der Waals surface area contributed by atoms with Gasteiger partial charge in [-0.25, -0.2) is 0 Å². The van der Waals surface area contributed by atoms with Gasteiger partial charge in [0.25, 0.3) is 0 Å². The molecule has 5 heavy (non-hydrogen) atoms. The first-order chi connectivity index (χ1) is 1.73. The maximum Gasteiger partial charge on any atom is 0 e. The zero-order chi connectivity index (χ0) is 3.58. The molecule has 0 radical (unpaired) electrons. The van der Waals surface area contributed by atoms with Gasteiger partial charge in [0.1, 0.15) is 0 Å². The van der Waals surface area contributed by atoms with Crippen LogP contribution in [0.15, 0.2) is 0 Å². The molecule has 0 nitrogen and oxygen atoms in total. The van der Waals surface area contributed by atoms with E-state index in [0.29, 0.717) is 0 Å². The number of rotatable bonds is 0. The topological polar surface area (TPSA) is 0 Å². The molecule has 0 spiro atoms. The Labute approximate surface area is 56.4 Å². The van der Waals surface area contributed by atoms with E-state index in [1.807, 2.05) is 0 Å². The molecular weight excluding hydrogens is 285 g/mol. The van der Waals surface area contributed by atoms with E-state index in [9.17, 15) is 0 Å². The van der Waals surface area contributed by atoms with E-state index in [4.69, 9.17) is 0 Å². The molecule has 0 saturated carbocycles. The van der Waals surface area contributed by atoms with E-state index in [2.05, 4.69) is 34.9 Å². The van der Waals surface area contributed by atoms with Crippen LogP contribution in [0.1, 0.15) is 13.8 Å². The Morgan fingerprint density at radius 1 is 1.40 bits per heavy atom. The monoisotopic (exact) mass is 292 g/mol. The average Bonchev–Trinajstić information content (AvgIpc) is 0.811. The fourth-order valence-corrected chi connectivity index (χ4v) is 0. The Bertz CT molecular complexity index is 11.6. The van der Waals surface area contributed by atoms with E-state index < -0.39 is 0 Å². The van der Waals surface area contributed by atoms with E-state index in [1.54, 1.807) is 0 Å². The SMILES string of the molecule is C[CH](C)[Au].[Cr]. The minimum atomic E-state index is 0. The third-order valence-corrected chi connectivity index (χ3v) is 0. The van der Waals surface area contributed by atoms with Crippen LogP contribution in [0.3, 0.4) is 0 Å². The first kappa shape index (κ1) is 9.55. The van der Waals surface area contributed by atoms with Crippen LogP contribution in [0.25, 0.3) is 0 Å². The molecule has 0 amide bonds. The molecule has 0 bridgehead atoms. The summed E-state index contributed by atoms with van der Waals surface area (Å²) in [7, 11) is 0. The van der Waals surface area contributed by atoms with Gasteiger partial charge >= 0.3 is 39.1 Å². The van der Waals surface area contributed by atoms with Gasteiger partial charge in [-0.3, -0.25) is 0 Å². The minimum absolute atomic E-state index is 0. The van der Waals surface area contributed by atoms with Crippen molar-refractivity contribution >= 4 is 0 Å². The van der Waals surface area contributed by atoms with Crippen molar-refractivity contribution in [2.45, 2.75) is 18.0 Å². The zero-order valence-electron chi connectivity index (χ0n) is 3.29. The average molecular weight is 292 g/mol. The van der Waals surface area contributed by atoms with Crippen molar-refractivity contribution in [1.82, 2.24) is 0 Å². The Morgan fingerprint density at radius 2 is 1.40 bits per heavy atom. The molecule has 2 heteroatoms. The maximum absolute atomic E-state index is 2.49. The van der Waals surface area contributed by atoms with Gasteiger partial charge in [0.2, 0.25) is 0 Å². The quantitative estimate of drug-likeness (QED) is 0.591. The Morgan fingerprint density at radius 3 is 1.40 bits per heavy atom. The molecule has 0 aromatic carbocycles. The van der Waals surface area contributed by atoms with Gasteiger partial charge in [0, 0.05) is 17.4 Å². The predicted molar refractivity (Wildman–Crippen MR) is 15.1 cm³/mol. The van der Waals surface area contributed by atoms with E-state index >= 15 is 0 Å². The number of hydrogen-bond donors (Lipinski definition) is 0. The van der Waals surface area contributed by atoms with Gasteiger partial charge in [-0.15, -0.1) is 0 Å². The Balaban J connectivity index is 0. The summed E-state index contributed by atoms with van der Waals surface area (Å²) in [6.45, 7) is 4.28. The molecular formula is C3H7AuCr. The summed E-state index contributed by atoms with van der Waals surface area (Å²) in [5, 5.41) is 0. The molecule has 36 valence electrons. The summed E-state index contributed by atoms with van der Waals surface area (Å²) < 4.78 is 0.778. The molecule has 0 heterocycles. The smallest absolute Gasteiger partial charge is 0 e. The van der Waals surface area contributed by atoms with Crippen LogP contribution >= 0.6 is 0 Å². The van der Waals surface area contributed by atoms with Crippen molar-refractivity contribution in [3.8, 4) is 0 Å². The van der Waals surface area contributed by atoms with Gasteiger partial charge in [-0.2, -0.15) is 0 Å². The van der Waals surface area contributed by atoms with Crippen LogP contribution < -0.4 is 0 Å². The van der Waals surface area contributed by atoms with Crippen molar-refractivity contribution in [3.63, 3.8) is 0 Å². The molecule has 0 aromatic rings. The standard InChI is InChI=1S/C3H7.Au.Cr/c1-3-2;;/h3H,1-2H3;;. The van der Waals surface area contributed by atoms with E-state index in [-0.39, 0.29) is 17.4 Å².